The Kier molecular flexibility index (Phi) is 4.46. The maximum Gasteiger partial charge on any atom is 0.250 e. The van der Waals surface area contributed by atoms with Gasteiger partial charge < -0.3 is 5.32 Å². The summed E-state index contributed by atoms with van der Waals surface area (Å²) in [5.74, 6) is 0. The number of hydrogen-bond acceptors (Lipinski definition) is 5. The van der Waals surface area contributed by atoms with Crippen LogP contribution < -0.4 is 10.0 Å². The molecule has 0 radical (unpaired) electrons. The van der Waals surface area contributed by atoms with Crippen molar-refractivity contribution in [3.05, 3.63) is 38.9 Å². The Balaban J connectivity index is 1.62. The minimum Gasteiger partial charge on any atom is -0.310 e. The fourth-order valence-electron chi connectivity index (χ4n) is 1.95. The van der Waals surface area contributed by atoms with Crippen LogP contribution in [0.25, 0.3) is 0 Å². The topological polar surface area (TPSA) is 58.2 Å². The van der Waals surface area contributed by atoms with E-state index in [0.717, 1.165) is 23.2 Å². The van der Waals surface area contributed by atoms with Crippen LogP contribution in [0, 0.1) is 6.92 Å². The quantitative estimate of drug-likeness (QED) is 0.813. The van der Waals surface area contributed by atoms with Crippen molar-refractivity contribution in [2.45, 2.75) is 43.1 Å². The van der Waals surface area contributed by atoms with E-state index in [9.17, 15) is 8.42 Å². The maximum absolute atomic E-state index is 12.3. The van der Waals surface area contributed by atoms with Crippen molar-refractivity contribution >= 4 is 32.7 Å². The lowest BCUT2D eigenvalue weighted by Gasteiger charge is -2.04. The van der Waals surface area contributed by atoms with E-state index >= 15 is 0 Å². The average Bonchev–Trinajstić information content (AvgIpc) is 2.98. The van der Waals surface area contributed by atoms with E-state index in [1.165, 1.54) is 24.2 Å². The third-order valence-corrected chi connectivity index (χ3v) is 7.28. The molecule has 3 rings (SSSR count). The molecule has 114 valence electrons. The highest BCUT2D eigenvalue weighted by molar-refractivity contribution is 7.91. The summed E-state index contributed by atoms with van der Waals surface area (Å²) in [6, 6.07) is 2.40. The Morgan fingerprint density at radius 1 is 1.24 bits per heavy atom. The highest BCUT2D eigenvalue weighted by atomic mass is 32.2. The van der Waals surface area contributed by atoms with Crippen LogP contribution in [0.3, 0.4) is 0 Å². The molecule has 2 aromatic rings. The number of thiophene rings is 2. The van der Waals surface area contributed by atoms with Crippen molar-refractivity contribution in [1.29, 1.82) is 0 Å². The van der Waals surface area contributed by atoms with Gasteiger partial charge in [-0.2, -0.15) is 11.3 Å². The molecule has 0 unspecified atom stereocenters. The second-order valence-corrected chi connectivity index (χ2v) is 8.98. The molecule has 1 fully saturated rings. The first-order chi connectivity index (χ1) is 10.0. The average molecular weight is 343 g/mol. The SMILES string of the molecule is Cc1cscc1CNS(=O)(=O)c1cc(CNC2CC2)cs1. The summed E-state index contributed by atoms with van der Waals surface area (Å²) in [6.07, 6.45) is 2.47. The van der Waals surface area contributed by atoms with Crippen LogP contribution in [0.4, 0.5) is 0 Å². The molecule has 0 saturated heterocycles. The summed E-state index contributed by atoms with van der Waals surface area (Å²) in [4.78, 5) is 0. The van der Waals surface area contributed by atoms with Crippen molar-refractivity contribution in [2.75, 3.05) is 0 Å². The van der Waals surface area contributed by atoms with Crippen LogP contribution >= 0.6 is 22.7 Å². The van der Waals surface area contributed by atoms with Gasteiger partial charge in [-0.1, -0.05) is 0 Å². The van der Waals surface area contributed by atoms with Crippen molar-refractivity contribution in [1.82, 2.24) is 10.0 Å². The second-order valence-electron chi connectivity index (χ2n) is 5.33. The van der Waals surface area contributed by atoms with Crippen LogP contribution in [0.1, 0.15) is 29.5 Å². The van der Waals surface area contributed by atoms with E-state index in [4.69, 9.17) is 0 Å². The second kappa shape index (κ2) is 6.18. The summed E-state index contributed by atoms with van der Waals surface area (Å²) in [5, 5.41) is 9.32. The third-order valence-electron chi connectivity index (χ3n) is 3.48. The molecule has 0 atom stereocenters. The molecule has 0 aromatic carbocycles. The van der Waals surface area contributed by atoms with Crippen molar-refractivity contribution in [2.24, 2.45) is 0 Å². The first-order valence-electron chi connectivity index (χ1n) is 6.87. The number of hydrogen-bond donors (Lipinski definition) is 2. The maximum atomic E-state index is 12.3. The fraction of sp³-hybridized carbons (Fsp3) is 0.429. The molecule has 1 aliphatic carbocycles. The summed E-state index contributed by atoms with van der Waals surface area (Å²) in [7, 11) is -3.41. The van der Waals surface area contributed by atoms with Gasteiger partial charge in [0.1, 0.15) is 4.21 Å². The van der Waals surface area contributed by atoms with Crippen LogP contribution in [0.2, 0.25) is 0 Å². The van der Waals surface area contributed by atoms with Gasteiger partial charge in [0, 0.05) is 19.1 Å². The standard InChI is InChI=1S/C14H18N2O2S3/c1-10-7-19-9-12(10)6-16-21(17,18)14-4-11(8-20-14)5-15-13-2-3-13/h4,7-9,13,15-16H,2-3,5-6H2,1H3. The molecule has 2 N–H and O–H groups in total. The predicted octanol–water partition coefficient (Wildman–Crippen LogP) is 2.85. The number of rotatable bonds is 7. The Labute approximate surface area is 133 Å². The molecule has 0 amide bonds. The monoisotopic (exact) mass is 342 g/mol. The molecule has 21 heavy (non-hydrogen) atoms. The van der Waals surface area contributed by atoms with Crippen molar-refractivity contribution in [3.63, 3.8) is 0 Å². The van der Waals surface area contributed by atoms with Gasteiger partial charge in [-0.25, -0.2) is 13.1 Å². The number of sulfonamides is 1. The van der Waals surface area contributed by atoms with Gasteiger partial charge in [0.05, 0.1) is 0 Å². The smallest absolute Gasteiger partial charge is 0.250 e. The molecule has 1 aliphatic rings. The van der Waals surface area contributed by atoms with Crippen LogP contribution in [-0.4, -0.2) is 14.5 Å². The number of nitrogens with one attached hydrogen (secondary N) is 2. The van der Waals surface area contributed by atoms with Gasteiger partial charge in [-0.3, -0.25) is 0 Å². The Bertz CT molecular complexity index is 714. The van der Waals surface area contributed by atoms with Gasteiger partial charge in [0.2, 0.25) is 10.0 Å². The van der Waals surface area contributed by atoms with Crippen LogP contribution in [-0.2, 0) is 23.1 Å². The molecule has 4 nitrogen and oxygen atoms in total. The van der Waals surface area contributed by atoms with Gasteiger partial charge >= 0.3 is 0 Å². The highest BCUT2D eigenvalue weighted by Gasteiger charge is 2.21. The Morgan fingerprint density at radius 3 is 2.71 bits per heavy atom. The van der Waals surface area contributed by atoms with Gasteiger partial charge in [-0.15, -0.1) is 11.3 Å². The van der Waals surface area contributed by atoms with Gasteiger partial charge in [0.25, 0.3) is 0 Å². The zero-order chi connectivity index (χ0) is 14.9. The Hall–Kier alpha value is -0.730. The first kappa shape index (κ1) is 15.2. The predicted molar refractivity (Wildman–Crippen MR) is 87.3 cm³/mol. The summed E-state index contributed by atoms with van der Waals surface area (Å²) >= 11 is 2.87. The Morgan fingerprint density at radius 2 is 2.05 bits per heavy atom. The largest absolute Gasteiger partial charge is 0.310 e. The lowest BCUT2D eigenvalue weighted by molar-refractivity contribution is 0.583. The molecular weight excluding hydrogens is 324 g/mol. The van der Waals surface area contributed by atoms with E-state index in [-0.39, 0.29) is 0 Å². The van der Waals surface area contributed by atoms with Gasteiger partial charge in [-0.05, 0) is 58.7 Å². The summed E-state index contributed by atoms with van der Waals surface area (Å²) in [6.45, 7) is 3.10. The third kappa shape index (κ3) is 3.92. The zero-order valence-corrected chi connectivity index (χ0v) is 14.2. The molecule has 0 bridgehead atoms. The lowest BCUT2D eigenvalue weighted by atomic mass is 10.2. The fourth-order valence-corrected chi connectivity index (χ4v) is 5.07. The summed E-state index contributed by atoms with van der Waals surface area (Å²) < 4.78 is 27.6. The van der Waals surface area contributed by atoms with Crippen LogP contribution in [0.15, 0.2) is 26.4 Å². The molecular formula is C14H18N2O2S3. The van der Waals surface area contributed by atoms with Crippen LogP contribution in [0.5, 0.6) is 0 Å². The minimum absolute atomic E-state index is 0.352. The van der Waals surface area contributed by atoms with Crippen molar-refractivity contribution in [3.8, 4) is 0 Å². The van der Waals surface area contributed by atoms with E-state index in [1.54, 1.807) is 17.4 Å². The molecule has 2 heterocycles. The zero-order valence-electron chi connectivity index (χ0n) is 11.8. The summed E-state index contributed by atoms with van der Waals surface area (Å²) in [5.41, 5.74) is 3.21. The highest BCUT2D eigenvalue weighted by Crippen LogP contribution is 2.23. The number of aryl methyl sites for hydroxylation is 1. The molecule has 1 saturated carbocycles. The minimum atomic E-state index is -3.41. The van der Waals surface area contributed by atoms with E-state index in [0.29, 0.717) is 16.8 Å². The van der Waals surface area contributed by atoms with E-state index < -0.39 is 10.0 Å². The lowest BCUT2D eigenvalue weighted by Crippen LogP contribution is -2.22. The van der Waals surface area contributed by atoms with E-state index in [1.807, 2.05) is 23.1 Å². The first-order valence-corrected chi connectivity index (χ1v) is 10.2. The molecule has 0 spiro atoms. The molecule has 2 aromatic heterocycles. The van der Waals surface area contributed by atoms with Gasteiger partial charge in [0.15, 0.2) is 0 Å². The normalized spacial score (nSPS) is 15.5. The molecule has 0 aliphatic heterocycles. The van der Waals surface area contributed by atoms with E-state index in [2.05, 4.69) is 10.0 Å². The van der Waals surface area contributed by atoms with Crippen molar-refractivity contribution < 1.29 is 8.42 Å². The molecule has 7 heteroatoms.